The lowest BCUT2D eigenvalue weighted by molar-refractivity contribution is -0.122. The molecule has 2 heterocycles. The van der Waals surface area contributed by atoms with Crippen LogP contribution in [-0.2, 0) is 4.79 Å². The zero-order chi connectivity index (χ0) is 22.0. The Hall–Kier alpha value is -3.67. The van der Waals surface area contributed by atoms with Gasteiger partial charge in [-0.15, -0.1) is 0 Å². The third-order valence-electron chi connectivity index (χ3n) is 5.60. The summed E-state index contributed by atoms with van der Waals surface area (Å²) in [5.74, 6) is 0.493. The number of hydrogen-bond donors (Lipinski definition) is 1. The number of aromatic nitrogens is 1. The van der Waals surface area contributed by atoms with E-state index in [0.29, 0.717) is 11.3 Å². The van der Waals surface area contributed by atoms with E-state index in [-0.39, 0.29) is 24.3 Å². The highest BCUT2D eigenvalue weighted by molar-refractivity contribution is 6.11. The molecular weight excluding hydrogens is 390 g/mol. The molecule has 0 saturated carbocycles. The van der Waals surface area contributed by atoms with E-state index in [1.54, 1.807) is 30.3 Å². The predicted octanol–water partition coefficient (Wildman–Crippen LogP) is 4.37. The average molecular weight is 415 g/mol. The number of nitrogens with zero attached hydrogens (tertiary/aromatic N) is 2. The Morgan fingerprint density at radius 1 is 1.13 bits per heavy atom. The molecular formula is C25H25N3O3. The van der Waals surface area contributed by atoms with E-state index in [1.807, 2.05) is 62.4 Å². The van der Waals surface area contributed by atoms with Crippen LogP contribution in [0.2, 0.25) is 0 Å². The van der Waals surface area contributed by atoms with Crippen LogP contribution in [0.5, 0.6) is 5.75 Å². The van der Waals surface area contributed by atoms with Gasteiger partial charge in [0, 0.05) is 11.9 Å². The highest BCUT2D eigenvalue weighted by Gasteiger charge is 2.40. The van der Waals surface area contributed by atoms with E-state index in [9.17, 15) is 9.59 Å². The first-order chi connectivity index (χ1) is 15.0. The molecule has 31 heavy (non-hydrogen) atoms. The van der Waals surface area contributed by atoms with Gasteiger partial charge in [0.2, 0.25) is 5.91 Å². The molecule has 0 radical (unpaired) electrons. The van der Waals surface area contributed by atoms with Gasteiger partial charge in [0.05, 0.1) is 36.9 Å². The number of ether oxygens (including phenoxy) is 1. The average Bonchev–Trinajstić information content (AvgIpc) is 3.06. The fraction of sp³-hybridized carbons (Fsp3) is 0.240. The Morgan fingerprint density at radius 3 is 2.52 bits per heavy atom. The van der Waals surface area contributed by atoms with Crippen molar-refractivity contribution in [1.29, 1.82) is 0 Å². The van der Waals surface area contributed by atoms with Crippen LogP contribution in [-0.4, -0.2) is 23.9 Å². The van der Waals surface area contributed by atoms with Crippen molar-refractivity contribution in [3.8, 4) is 5.75 Å². The summed E-state index contributed by atoms with van der Waals surface area (Å²) in [4.78, 5) is 32.2. The van der Waals surface area contributed by atoms with Gasteiger partial charge in [-0.05, 0) is 55.8 Å². The first-order valence-corrected chi connectivity index (χ1v) is 10.3. The Bertz CT molecular complexity index is 1090. The summed E-state index contributed by atoms with van der Waals surface area (Å²) >= 11 is 0. The Labute approximate surface area is 181 Å². The minimum atomic E-state index is -0.450. The van der Waals surface area contributed by atoms with Gasteiger partial charge in [0.15, 0.2) is 0 Å². The molecule has 2 atom stereocenters. The minimum Gasteiger partial charge on any atom is -0.497 e. The summed E-state index contributed by atoms with van der Waals surface area (Å²) in [5.41, 5.74) is 4.03. The first kappa shape index (κ1) is 20.6. The Kier molecular flexibility index (Phi) is 5.71. The molecule has 2 aromatic carbocycles. The molecule has 4 rings (SSSR count). The quantitative estimate of drug-likeness (QED) is 0.649. The summed E-state index contributed by atoms with van der Waals surface area (Å²) in [6.45, 7) is 3.93. The van der Waals surface area contributed by atoms with Crippen LogP contribution in [0.1, 0.15) is 52.6 Å². The molecule has 1 N–H and O–H groups in total. The number of pyridine rings is 1. The molecule has 0 fully saturated rings. The van der Waals surface area contributed by atoms with Crippen molar-refractivity contribution in [2.24, 2.45) is 0 Å². The molecule has 0 saturated heterocycles. The number of methoxy groups -OCH3 is 1. The van der Waals surface area contributed by atoms with Gasteiger partial charge < -0.3 is 10.1 Å². The molecule has 2 amide bonds. The van der Waals surface area contributed by atoms with Gasteiger partial charge in [-0.3, -0.25) is 19.5 Å². The normalized spacial score (nSPS) is 16.0. The van der Waals surface area contributed by atoms with Crippen LogP contribution in [0.15, 0.2) is 66.9 Å². The van der Waals surface area contributed by atoms with Gasteiger partial charge in [-0.1, -0.05) is 29.8 Å². The second-order valence-electron chi connectivity index (χ2n) is 7.73. The maximum Gasteiger partial charge on any atom is 0.260 e. The van der Waals surface area contributed by atoms with E-state index < -0.39 is 6.04 Å². The molecule has 158 valence electrons. The second-order valence-corrected chi connectivity index (χ2v) is 7.73. The van der Waals surface area contributed by atoms with Crippen molar-refractivity contribution >= 4 is 17.5 Å². The maximum atomic E-state index is 13.1. The third kappa shape index (κ3) is 4.14. The van der Waals surface area contributed by atoms with Crippen molar-refractivity contribution in [3.63, 3.8) is 0 Å². The lowest BCUT2D eigenvalue weighted by Gasteiger charge is -2.25. The standard InChI is InChI=1S/C25H25N3O3/c1-16-6-10-19(11-7-16)28-22(24-21(25(28)30)5-4-14-26-24)15-23(29)27-17(2)18-8-12-20(31-3)13-9-18/h4-14,17,22H,15H2,1-3H3,(H,27,29)/t17-,22-/m0/s1. The lowest BCUT2D eigenvalue weighted by atomic mass is 10.1. The van der Waals surface area contributed by atoms with Crippen LogP contribution in [0.3, 0.4) is 0 Å². The molecule has 0 spiro atoms. The van der Waals surface area contributed by atoms with Gasteiger partial charge in [0.25, 0.3) is 5.91 Å². The van der Waals surface area contributed by atoms with Crippen molar-refractivity contribution in [2.75, 3.05) is 12.0 Å². The highest BCUT2D eigenvalue weighted by Crippen LogP contribution is 2.38. The number of rotatable bonds is 6. The maximum absolute atomic E-state index is 13.1. The van der Waals surface area contributed by atoms with Crippen molar-refractivity contribution in [3.05, 3.63) is 89.2 Å². The number of nitrogens with one attached hydrogen (secondary N) is 1. The molecule has 1 aromatic heterocycles. The Balaban J connectivity index is 1.55. The summed E-state index contributed by atoms with van der Waals surface area (Å²) in [5, 5.41) is 3.04. The summed E-state index contributed by atoms with van der Waals surface area (Å²) in [6.07, 6.45) is 1.79. The number of aryl methyl sites for hydroxylation is 1. The lowest BCUT2D eigenvalue weighted by Crippen LogP contribution is -2.34. The third-order valence-corrected chi connectivity index (χ3v) is 5.60. The van der Waals surface area contributed by atoms with Gasteiger partial charge in [-0.25, -0.2) is 0 Å². The molecule has 0 unspecified atom stereocenters. The highest BCUT2D eigenvalue weighted by atomic mass is 16.5. The number of benzene rings is 2. The molecule has 0 aliphatic carbocycles. The van der Waals surface area contributed by atoms with E-state index >= 15 is 0 Å². The van der Waals surface area contributed by atoms with Crippen LogP contribution >= 0.6 is 0 Å². The molecule has 1 aliphatic rings. The fourth-order valence-corrected chi connectivity index (χ4v) is 3.90. The number of amides is 2. The van der Waals surface area contributed by atoms with E-state index in [1.165, 1.54) is 0 Å². The fourth-order valence-electron chi connectivity index (χ4n) is 3.90. The zero-order valence-corrected chi connectivity index (χ0v) is 17.8. The topological polar surface area (TPSA) is 71.5 Å². The number of hydrogen-bond acceptors (Lipinski definition) is 4. The molecule has 6 nitrogen and oxygen atoms in total. The van der Waals surface area contributed by atoms with Gasteiger partial charge >= 0.3 is 0 Å². The molecule has 6 heteroatoms. The second kappa shape index (κ2) is 8.60. The largest absolute Gasteiger partial charge is 0.497 e. The van der Waals surface area contributed by atoms with E-state index in [2.05, 4.69) is 10.3 Å². The monoisotopic (exact) mass is 415 g/mol. The van der Waals surface area contributed by atoms with Gasteiger partial charge in [-0.2, -0.15) is 0 Å². The number of carbonyl (C=O) groups excluding carboxylic acids is 2. The van der Waals surface area contributed by atoms with Gasteiger partial charge in [0.1, 0.15) is 5.75 Å². The summed E-state index contributed by atoms with van der Waals surface area (Å²) < 4.78 is 5.19. The number of anilines is 1. The van der Waals surface area contributed by atoms with E-state index in [4.69, 9.17) is 4.74 Å². The smallest absolute Gasteiger partial charge is 0.260 e. The zero-order valence-electron chi connectivity index (χ0n) is 17.8. The van der Waals surface area contributed by atoms with Crippen LogP contribution in [0.25, 0.3) is 0 Å². The summed E-state index contributed by atoms with van der Waals surface area (Å²) in [6, 6.07) is 18.2. The molecule has 1 aliphatic heterocycles. The Morgan fingerprint density at radius 2 is 1.84 bits per heavy atom. The molecule has 0 bridgehead atoms. The number of carbonyl (C=O) groups is 2. The van der Waals surface area contributed by atoms with Crippen molar-refractivity contribution < 1.29 is 14.3 Å². The first-order valence-electron chi connectivity index (χ1n) is 10.3. The van der Waals surface area contributed by atoms with Crippen LogP contribution < -0.4 is 15.0 Å². The SMILES string of the molecule is COc1ccc([C@H](C)NC(=O)C[C@H]2c3ncccc3C(=O)N2c2ccc(C)cc2)cc1. The van der Waals surface area contributed by atoms with Crippen molar-refractivity contribution in [1.82, 2.24) is 10.3 Å². The number of fused-ring (bicyclic) bond motifs is 1. The van der Waals surface area contributed by atoms with Crippen molar-refractivity contribution in [2.45, 2.75) is 32.4 Å². The summed E-state index contributed by atoms with van der Waals surface area (Å²) in [7, 11) is 1.62. The van der Waals surface area contributed by atoms with Crippen LogP contribution in [0, 0.1) is 6.92 Å². The molecule has 3 aromatic rings. The van der Waals surface area contributed by atoms with Crippen LogP contribution in [0.4, 0.5) is 5.69 Å². The minimum absolute atomic E-state index is 0.129. The van der Waals surface area contributed by atoms with E-state index in [0.717, 1.165) is 22.6 Å². The predicted molar refractivity (Wildman–Crippen MR) is 119 cm³/mol.